The third kappa shape index (κ3) is 3.59. The Morgan fingerprint density at radius 2 is 1.96 bits per heavy atom. The van der Waals surface area contributed by atoms with E-state index in [1.165, 1.54) is 12.1 Å². The van der Waals surface area contributed by atoms with E-state index < -0.39 is 18.1 Å². The minimum absolute atomic E-state index is 0.0168. The van der Waals surface area contributed by atoms with Crippen LogP contribution in [0.5, 0.6) is 0 Å². The molecule has 0 aliphatic rings. The quantitative estimate of drug-likeness (QED) is 0.589. The van der Waals surface area contributed by atoms with Crippen molar-refractivity contribution in [1.29, 1.82) is 0 Å². The van der Waals surface area contributed by atoms with Gasteiger partial charge in [-0.2, -0.15) is 0 Å². The van der Waals surface area contributed by atoms with Crippen molar-refractivity contribution in [2.24, 2.45) is 7.05 Å². The summed E-state index contributed by atoms with van der Waals surface area (Å²) in [5.41, 5.74) is 2.46. The smallest absolute Gasteiger partial charge is 0.231 e. The lowest BCUT2D eigenvalue weighted by Crippen LogP contribution is -2.16. The molecule has 0 bridgehead atoms. The van der Waals surface area contributed by atoms with Crippen molar-refractivity contribution in [2.75, 3.05) is 5.32 Å². The molecule has 2 aromatic heterocycles. The Morgan fingerprint density at radius 3 is 2.68 bits per heavy atom. The number of amides is 1. The first-order valence-corrected chi connectivity index (χ1v) is 8.59. The standard InChI is InChI=1S/C21H18FN5O/c1-13-23-12-19(27(13)2)15-5-6-16-11-24-21(25-18(16)10-15)26-20(28)9-14-3-7-17(22)8-4-14/h3-8,10-12H,9H2,1-2H3,(H,24,25,26,28)/i9D2. The molecule has 2 heterocycles. The molecule has 0 aliphatic heterocycles. The first-order chi connectivity index (χ1) is 14.3. The van der Waals surface area contributed by atoms with Crippen LogP contribution in [0.1, 0.15) is 14.1 Å². The van der Waals surface area contributed by atoms with E-state index in [4.69, 9.17) is 2.74 Å². The van der Waals surface area contributed by atoms with E-state index in [1.54, 1.807) is 12.4 Å². The van der Waals surface area contributed by atoms with Gasteiger partial charge in [0, 0.05) is 26.9 Å². The van der Waals surface area contributed by atoms with Crippen LogP contribution in [0.15, 0.2) is 54.9 Å². The number of hydrogen-bond acceptors (Lipinski definition) is 4. The minimum Gasteiger partial charge on any atom is -0.331 e. The number of aryl methyl sites for hydroxylation is 1. The highest BCUT2D eigenvalue weighted by atomic mass is 19.1. The molecule has 0 saturated carbocycles. The summed E-state index contributed by atoms with van der Waals surface area (Å²) in [7, 11) is 1.92. The molecule has 0 aliphatic carbocycles. The molecule has 4 aromatic rings. The number of carbonyl (C=O) groups excluding carboxylic acids is 1. The van der Waals surface area contributed by atoms with Gasteiger partial charge in [-0.1, -0.05) is 24.3 Å². The van der Waals surface area contributed by atoms with E-state index in [1.807, 2.05) is 36.7 Å². The van der Waals surface area contributed by atoms with Crippen LogP contribution in [0.25, 0.3) is 22.2 Å². The Labute approximate surface area is 163 Å². The van der Waals surface area contributed by atoms with Gasteiger partial charge in [-0.05, 0) is 30.7 Å². The summed E-state index contributed by atoms with van der Waals surface area (Å²) >= 11 is 0. The second-order valence-electron chi connectivity index (χ2n) is 6.30. The highest BCUT2D eigenvalue weighted by Crippen LogP contribution is 2.24. The van der Waals surface area contributed by atoms with Crippen molar-refractivity contribution < 1.29 is 11.9 Å². The summed E-state index contributed by atoms with van der Waals surface area (Å²) in [4.78, 5) is 25.3. The number of anilines is 1. The van der Waals surface area contributed by atoms with Crippen LogP contribution in [-0.4, -0.2) is 25.4 Å². The maximum Gasteiger partial charge on any atom is 0.231 e. The van der Waals surface area contributed by atoms with Gasteiger partial charge in [0.1, 0.15) is 11.6 Å². The van der Waals surface area contributed by atoms with Gasteiger partial charge in [-0.15, -0.1) is 0 Å². The summed E-state index contributed by atoms with van der Waals surface area (Å²) in [6.45, 7) is 1.91. The van der Waals surface area contributed by atoms with E-state index >= 15 is 0 Å². The largest absolute Gasteiger partial charge is 0.331 e. The molecule has 7 heteroatoms. The van der Waals surface area contributed by atoms with Crippen molar-refractivity contribution in [3.8, 4) is 11.3 Å². The molecule has 0 saturated heterocycles. The van der Waals surface area contributed by atoms with Crippen molar-refractivity contribution in [2.45, 2.75) is 13.3 Å². The molecule has 28 heavy (non-hydrogen) atoms. The molecule has 0 fully saturated rings. The fourth-order valence-electron chi connectivity index (χ4n) is 2.81. The van der Waals surface area contributed by atoms with Crippen LogP contribution in [0, 0.1) is 12.7 Å². The van der Waals surface area contributed by atoms with Gasteiger partial charge < -0.3 is 4.57 Å². The summed E-state index contributed by atoms with van der Waals surface area (Å²) in [5, 5.41) is 3.19. The maximum atomic E-state index is 13.1. The zero-order valence-electron chi connectivity index (χ0n) is 17.3. The SMILES string of the molecule is [2H]C([2H])(C(=O)Nc1ncc2ccc(-c3cnc(C)n3C)cc2n1)c1ccc(F)cc1. The van der Waals surface area contributed by atoms with E-state index in [0.29, 0.717) is 5.52 Å². The summed E-state index contributed by atoms with van der Waals surface area (Å²) in [5.74, 6) is -0.584. The molecule has 140 valence electrons. The van der Waals surface area contributed by atoms with Gasteiger partial charge in [0.05, 0.1) is 23.8 Å². The van der Waals surface area contributed by atoms with Crippen LogP contribution in [0.3, 0.4) is 0 Å². The molecule has 1 amide bonds. The second-order valence-corrected chi connectivity index (χ2v) is 6.30. The molecule has 0 spiro atoms. The Kier molecular flexibility index (Phi) is 3.97. The van der Waals surface area contributed by atoms with Crippen LogP contribution in [0.2, 0.25) is 0 Å². The van der Waals surface area contributed by atoms with Crippen molar-refractivity contribution in [3.05, 3.63) is 72.1 Å². The Morgan fingerprint density at radius 1 is 1.18 bits per heavy atom. The molecule has 6 nitrogen and oxygen atoms in total. The van der Waals surface area contributed by atoms with Crippen molar-refractivity contribution in [3.63, 3.8) is 0 Å². The Bertz CT molecular complexity index is 1250. The van der Waals surface area contributed by atoms with Crippen LogP contribution >= 0.6 is 0 Å². The number of halogens is 1. The van der Waals surface area contributed by atoms with E-state index in [9.17, 15) is 9.18 Å². The average molecular weight is 377 g/mol. The van der Waals surface area contributed by atoms with Crippen LogP contribution in [-0.2, 0) is 18.2 Å². The van der Waals surface area contributed by atoms with Crippen molar-refractivity contribution >= 4 is 22.8 Å². The zero-order valence-corrected chi connectivity index (χ0v) is 15.3. The normalized spacial score (nSPS) is 12.5. The summed E-state index contributed by atoms with van der Waals surface area (Å²) in [6.07, 6.45) is 0.960. The van der Waals surface area contributed by atoms with E-state index in [2.05, 4.69) is 20.3 Å². The number of nitrogens with one attached hydrogen (secondary N) is 1. The lowest BCUT2D eigenvalue weighted by molar-refractivity contribution is -0.115. The number of carbonyl (C=O) groups is 1. The fourth-order valence-corrected chi connectivity index (χ4v) is 2.81. The highest BCUT2D eigenvalue weighted by Gasteiger charge is 2.10. The first-order valence-electron chi connectivity index (χ1n) is 9.59. The lowest BCUT2D eigenvalue weighted by Gasteiger charge is -2.07. The minimum atomic E-state index is -2.37. The number of nitrogens with zero attached hydrogens (tertiary/aromatic N) is 4. The van der Waals surface area contributed by atoms with E-state index in [-0.39, 0.29) is 11.5 Å². The van der Waals surface area contributed by atoms with E-state index in [0.717, 1.165) is 34.6 Å². The predicted molar refractivity (Wildman–Crippen MR) is 105 cm³/mol. The number of fused-ring (bicyclic) bond motifs is 1. The Balaban J connectivity index is 1.63. The molecule has 0 atom stereocenters. The second kappa shape index (κ2) is 7.19. The maximum absolute atomic E-state index is 13.1. The monoisotopic (exact) mass is 377 g/mol. The van der Waals surface area contributed by atoms with Gasteiger partial charge in [-0.3, -0.25) is 10.1 Å². The number of rotatable bonds is 4. The summed E-state index contributed by atoms with van der Waals surface area (Å²) in [6, 6.07) is 10.3. The molecular weight excluding hydrogens is 357 g/mol. The number of aromatic nitrogens is 4. The lowest BCUT2D eigenvalue weighted by atomic mass is 10.1. The third-order valence-corrected chi connectivity index (χ3v) is 4.43. The van der Waals surface area contributed by atoms with Gasteiger partial charge in [0.2, 0.25) is 11.9 Å². The average Bonchev–Trinajstić information content (AvgIpc) is 3.06. The molecule has 1 N–H and O–H groups in total. The van der Waals surface area contributed by atoms with Gasteiger partial charge in [0.25, 0.3) is 0 Å². The molecular formula is C21H18FN5O. The highest BCUT2D eigenvalue weighted by molar-refractivity contribution is 5.92. The first kappa shape index (κ1) is 15.4. The van der Waals surface area contributed by atoms with Gasteiger partial charge in [0.15, 0.2) is 0 Å². The predicted octanol–water partition coefficient (Wildman–Crippen LogP) is 3.66. The molecule has 0 radical (unpaired) electrons. The van der Waals surface area contributed by atoms with Gasteiger partial charge >= 0.3 is 0 Å². The third-order valence-electron chi connectivity index (χ3n) is 4.43. The number of hydrogen-bond donors (Lipinski definition) is 1. The molecule has 4 rings (SSSR count). The fraction of sp³-hybridized carbons (Fsp3) is 0.143. The van der Waals surface area contributed by atoms with Gasteiger partial charge in [-0.25, -0.2) is 19.3 Å². The number of imidazole rings is 1. The Hall–Kier alpha value is -3.61. The topological polar surface area (TPSA) is 72.7 Å². The van der Waals surface area contributed by atoms with Crippen LogP contribution in [0.4, 0.5) is 10.3 Å². The van der Waals surface area contributed by atoms with Crippen molar-refractivity contribution in [1.82, 2.24) is 19.5 Å². The molecule has 0 unspecified atom stereocenters. The summed E-state index contributed by atoms with van der Waals surface area (Å²) < 4.78 is 31.3. The number of benzene rings is 2. The molecule has 2 aromatic carbocycles. The zero-order chi connectivity index (χ0) is 21.5. The van der Waals surface area contributed by atoms with Crippen LogP contribution < -0.4 is 5.32 Å².